The van der Waals surface area contributed by atoms with Gasteiger partial charge in [-0.3, -0.25) is 0 Å². The molecule has 0 spiro atoms. The minimum Gasteiger partial charge on any atom is -0.0656 e. The molecule has 0 nitrogen and oxygen atoms in total. The second kappa shape index (κ2) is 7.71. The number of halogens is 1. The Morgan fingerprint density at radius 2 is 1.12 bits per heavy atom. The van der Waals surface area contributed by atoms with Crippen LogP contribution in [0.5, 0.6) is 0 Å². The lowest BCUT2D eigenvalue weighted by Crippen LogP contribution is -2.39. The molecule has 0 bridgehead atoms. The minimum absolute atomic E-state index is 1.27. The second-order valence-electron chi connectivity index (χ2n) is 7.22. The zero-order chi connectivity index (χ0) is 17.9. The summed E-state index contributed by atoms with van der Waals surface area (Å²) in [4.78, 5) is 0. The van der Waals surface area contributed by atoms with Gasteiger partial charge in [0.05, 0.1) is 8.07 Å². The Labute approximate surface area is 165 Å². The van der Waals surface area contributed by atoms with Crippen LogP contribution in [-0.4, -0.2) is 8.07 Å². The maximum absolute atomic E-state index is 2.52. The molecule has 3 rings (SSSR count). The third-order valence-electron chi connectivity index (χ3n) is 4.31. The molecule has 0 saturated heterocycles. The lowest BCUT2D eigenvalue weighted by Gasteiger charge is -2.24. The first-order valence-electron chi connectivity index (χ1n) is 8.59. The molecule has 2 heteroatoms. The Balaban J connectivity index is 2.32. The topological polar surface area (TPSA) is 0 Å². The standard InChI is InChI=1S/C23H23ISi/c1-25(2,3)21-17-11-10-16-20(21)22(18-12-6-4-7-13-18)23(24)19-14-8-5-9-15-19/h4-17H,1-3H3/b23-22-. The zero-order valence-corrected chi connectivity index (χ0v) is 18.1. The molecule has 0 saturated carbocycles. The van der Waals surface area contributed by atoms with Crippen molar-refractivity contribution in [1.29, 1.82) is 0 Å². The summed E-state index contributed by atoms with van der Waals surface area (Å²) in [6.07, 6.45) is 0. The molecule has 0 unspecified atom stereocenters. The number of rotatable bonds is 4. The first kappa shape index (κ1) is 18.1. The van der Waals surface area contributed by atoms with Crippen molar-refractivity contribution in [2.75, 3.05) is 0 Å². The van der Waals surface area contributed by atoms with E-state index in [9.17, 15) is 0 Å². The largest absolute Gasteiger partial charge is 0.0784 e. The van der Waals surface area contributed by atoms with Crippen molar-refractivity contribution in [3.8, 4) is 0 Å². The summed E-state index contributed by atoms with van der Waals surface area (Å²) in [5.41, 5.74) is 5.26. The normalized spacial score (nSPS) is 12.6. The number of benzene rings is 3. The summed E-state index contributed by atoms with van der Waals surface area (Å²) < 4.78 is 1.30. The van der Waals surface area contributed by atoms with E-state index < -0.39 is 8.07 Å². The lowest BCUT2D eigenvalue weighted by molar-refractivity contribution is 1.55. The van der Waals surface area contributed by atoms with Crippen molar-refractivity contribution in [2.24, 2.45) is 0 Å². The van der Waals surface area contributed by atoms with Gasteiger partial charge >= 0.3 is 0 Å². The summed E-state index contributed by atoms with van der Waals surface area (Å²) >= 11 is 2.52. The van der Waals surface area contributed by atoms with Gasteiger partial charge in [0.1, 0.15) is 0 Å². The van der Waals surface area contributed by atoms with Crippen molar-refractivity contribution < 1.29 is 0 Å². The molecule has 0 fully saturated rings. The van der Waals surface area contributed by atoms with E-state index in [4.69, 9.17) is 0 Å². The molecule has 0 N–H and O–H groups in total. The number of hydrogen-bond donors (Lipinski definition) is 0. The first-order valence-corrected chi connectivity index (χ1v) is 13.2. The van der Waals surface area contributed by atoms with Crippen LogP contribution in [-0.2, 0) is 0 Å². The van der Waals surface area contributed by atoms with Crippen molar-refractivity contribution in [3.63, 3.8) is 0 Å². The fraction of sp³-hybridized carbons (Fsp3) is 0.130. The van der Waals surface area contributed by atoms with E-state index in [0.717, 1.165) is 0 Å². The average molecular weight is 454 g/mol. The van der Waals surface area contributed by atoms with E-state index in [1.54, 1.807) is 0 Å². The van der Waals surface area contributed by atoms with Gasteiger partial charge in [-0.05, 0) is 39.3 Å². The van der Waals surface area contributed by atoms with Crippen molar-refractivity contribution >= 4 is 45.0 Å². The van der Waals surface area contributed by atoms with Crippen LogP contribution in [0.15, 0.2) is 84.9 Å². The maximum Gasteiger partial charge on any atom is 0.0784 e. The predicted octanol–water partition coefficient (Wildman–Crippen LogP) is 6.58. The SMILES string of the molecule is C[Si](C)(C)c1ccccc1/C(=C(\I)c1ccccc1)c1ccccc1. The minimum atomic E-state index is -1.46. The average Bonchev–Trinajstić information content (AvgIpc) is 2.63. The Kier molecular flexibility index (Phi) is 5.60. The summed E-state index contributed by atoms with van der Waals surface area (Å²) in [5, 5.41) is 1.51. The van der Waals surface area contributed by atoms with Crippen LogP contribution >= 0.6 is 22.6 Å². The molecule has 0 radical (unpaired) electrons. The van der Waals surface area contributed by atoms with Gasteiger partial charge < -0.3 is 0 Å². The molecule has 126 valence electrons. The second-order valence-corrected chi connectivity index (χ2v) is 13.3. The van der Waals surface area contributed by atoms with Crippen LogP contribution in [0.3, 0.4) is 0 Å². The van der Waals surface area contributed by atoms with Gasteiger partial charge in [-0.1, -0.05) is 110 Å². The molecule has 0 aliphatic heterocycles. The van der Waals surface area contributed by atoms with Crippen LogP contribution < -0.4 is 5.19 Å². The van der Waals surface area contributed by atoms with Crippen LogP contribution in [0.4, 0.5) is 0 Å². The van der Waals surface area contributed by atoms with E-state index in [0.29, 0.717) is 0 Å². The summed E-state index contributed by atoms with van der Waals surface area (Å²) in [7, 11) is -1.46. The third kappa shape index (κ3) is 4.13. The quantitative estimate of drug-likeness (QED) is 0.237. The van der Waals surface area contributed by atoms with Crippen LogP contribution in [0, 0.1) is 0 Å². The Morgan fingerprint density at radius 3 is 1.68 bits per heavy atom. The maximum atomic E-state index is 2.52. The molecule has 3 aromatic carbocycles. The van der Waals surface area contributed by atoms with Gasteiger partial charge in [-0.15, -0.1) is 0 Å². The van der Waals surface area contributed by atoms with Gasteiger partial charge in [0.15, 0.2) is 0 Å². The Bertz CT molecular complexity index is 875. The fourth-order valence-corrected chi connectivity index (χ4v) is 5.66. The van der Waals surface area contributed by atoms with E-state index in [1.807, 2.05) is 0 Å². The van der Waals surface area contributed by atoms with Crippen LogP contribution in [0.25, 0.3) is 9.15 Å². The summed E-state index contributed by atoms with van der Waals surface area (Å²) in [5.74, 6) is 0. The summed E-state index contributed by atoms with van der Waals surface area (Å²) in [6.45, 7) is 7.26. The predicted molar refractivity (Wildman–Crippen MR) is 122 cm³/mol. The van der Waals surface area contributed by atoms with Crippen LogP contribution in [0.2, 0.25) is 19.6 Å². The lowest BCUT2D eigenvalue weighted by atomic mass is 9.95. The van der Waals surface area contributed by atoms with E-state index in [-0.39, 0.29) is 0 Å². The molecular formula is C23H23ISi. The van der Waals surface area contributed by atoms with Crippen molar-refractivity contribution in [2.45, 2.75) is 19.6 Å². The number of hydrogen-bond acceptors (Lipinski definition) is 0. The van der Waals surface area contributed by atoms with E-state index >= 15 is 0 Å². The highest BCUT2D eigenvalue weighted by atomic mass is 127. The monoisotopic (exact) mass is 454 g/mol. The van der Waals surface area contributed by atoms with Gasteiger partial charge in [0, 0.05) is 9.15 Å². The molecule has 0 aromatic heterocycles. The van der Waals surface area contributed by atoms with Gasteiger partial charge in [0.25, 0.3) is 0 Å². The van der Waals surface area contributed by atoms with E-state index in [2.05, 4.69) is 127 Å². The van der Waals surface area contributed by atoms with Crippen molar-refractivity contribution in [3.05, 3.63) is 102 Å². The van der Waals surface area contributed by atoms with Gasteiger partial charge in [-0.2, -0.15) is 0 Å². The smallest absolute Gasteiger partial charge is 0.0656 e. The highest BCUT2D eigenvalue weighted by Gasteiger charge is 2.23. The van der Waals surface area contributed by atoms with Gasteiger partial charge in [-0.25, -0.2) is 0 Å². The molecular weight excluding hydrogens is 431 g/mol. The highest BCUT2D eigenvalue weighted by Crippen LogP contribution is 2.36. The molecule has 0 heterocycles. The Hall–Kier alpha value is -1.65. The van der Waals surface area contributed by atoms with Crippen molar-refractivity contribution in [1.82, 2.24) is 0 Å². The molecule has 0 amide bonds. The highest BCUT2D eigenvalue weighted by molar-refractivity contribution is 14.1. The van der Waals surface area contributed by atoms with E-state index in [1.165, 1.54) is 31.0 Å². The first-order chi connectivity index (χ1) is 12.0. The fourth-order valence-electron chi connectivity index (χ4n) is 3.09. The molecule has 3 aromatic rings. The van der Waals surface area contributed by atoms with Crippen LogP contribution in [0.1, 0.15) is 16.7 Å². The molecule has 0 atom stereocenters. The molecule has 0 aliphatic carbocycles. The van der Waals surface area contributed by atoms with Gasteiger partial charge in [0.2, 0.25) is 0 Å². The Morgan fingerprint density at radius 1 is 0.640 bits per heavy atom. The molecule has 0 aliphatic rings. The zero-order valence-electron chi connectivity index (χ0n) is 15.0. The third-order valence-corrected chi connectivity index (χ3v) is 7.53. The molecule has 25 heavy (non-hydrogen) atoms. The summed E-state index contributed by atoms with van der Waals surface area (Å²) in [6, 6.07) is 30.4.